The van der Waals surface area contributed by atoms with Crippen molar-refractivity contribution in [2.45, 2.75) is 38.5 Å². The second-order valence-corrected chi connectivity index (χ2v) is 21.1. The van der Waals surface area contributed by atoms with Crippen LogP contribution in [-0.2, 0) is 10.8 Å². The van der Waals surface area contributed by atoms with Crippen LogP contribution in [0.5, 0.6) is 0 Å². The monoisotopic (exact) mass is 888 g/mol. The average Bonchev–Trinajstić information content (AvgIpc) is 3.94. The van der Waals surface area contributed by atoms with E-state index in [1.54, 1.807) is 0 Å². The van der Waals surface area contributed by atoms with Crippen LogP contribution in [0, 0.1) is 0 Å². The van der Waals surface area contributed by atoms with Gasteiger partial charge in [-0.2, -0.15) is 0 Å². The van der Waals surface area contributed by atoms with E-state index in [-0.39, 0.29) is 10.8 Å². The van der Waals surface area contributed by atoms with Crippen molar-refractivity contribution in [3.63, 3.8) is 0 Å². The van der Waals surface area contributed by atoms with Crippen LogP contribution < -0.4 is 0 Å². The summed E-state index contributed by atoms with van der Waals surface area (Å²) in [4.78, 5) is 0. The highest BCUT2D eigenvalue weighted by Gasteiger charge is 2.39. The minimum atomic E-state index is -0.160. The Morgan fingerprint density at radius 1 is 0.229 bits per heavy atom. The van der Waals surface area contributed by atoms with Crippen molar-refractivity contribution in [2.24, 2.45) is 0 Å². The molecule has 0 radical (unpaired) electrons. The predicted molar refractivity (Wildman–Crippen MR) is 298 cm³/mol. The second kappa shape index (κ2) is 14.1. The molecule has 0 atom stereocenters. The zero-order chi connectivity index (χ0) is 46.6. The quantitative estimate of drug-likeness (QED) is 0.122. The van der Waals surface area contributed by atoms with E-state index in [1.165, 1.54) is 154 Å². The lowest BCUT2D eigenvalue weighted by Gasteiger charge is -2.25. The molecule has 0 amide bonds. The molecule has 12 aromatic rings. The first-order chi connectivity index (χ1) is 34.3. The van der Waals surface area contributed by atoms with E-state index < -0.39 is 0 Å². The molecule has 0 unspecified atom stereocenters. The van der Waals surface area contributed by atoms with Gasteiger partial charge in [0.15, 0.2) is 0 Å². The van der Waals surface area contributed by atoms with Gasteiger partial charge in [0.05, 0.1) is 0 Å². The van der Waals surface area contributed by atoms with Crippen LogP contribution >= 0.6 is 0 Å². The van der Waals surface area contributed by atoms with Gasteiger partial charge in [-0.15, -0.1) is 0 Å². The topological polar surface area (TPSA) is 0 Å². The molecule has 0 aliphatic heterocycles. The lowest BCUT2D eigenvalue weighted by molar-refractivity contribution is 0.660. The van der Waals surface area contributed by atoms with E-state index in [9.17, 15) is 0 Å². The molecule has 0 fully saturated rings. The molecule has 0 heterocycles. The third kappa shape index (κ3) is 5.26. The van der Waals surface area contributed by atoms with Crippen LogP contribution in [0.4, 0.5) is 0 Å². The van der Waals surface area contributed by atoms with Gasteiger partial charge in [0.2, 0.25) is 0 Å². The van der Waals surface area contributed by atoms with E-state index in [2.05, 4.69) is 246 Å². The number of hydrogen-bond donors (Lipinski definition) is 0. The van der Waals surface area contributed by atoms with Crippen molar-refractivity contribution in [3.05, 3.63) is 241 Å². The third-order valence-electron chi connectivity index (χ3n) is 16.8. The molecule has 0 saturated heterocycles. The molecule has 15 rings (SSSR count). The molecule has 70 heavy (non-hydrogen) atoms. The van der Waals surface area contributed by atoms with Gasteiger partial charge in [0, 0.05) is 10.8 Å². The maximum atomic E-state index is 2.58. The Morgan fingerprint density at radius 2 is 0.657 bits per heavy atom. The summed E-state index contributed by atoms with van der Waals surface area (Å²) in [5, 5.41) is 10.3. The summed E-state index contributed by atoms with van der Waals surface area (Å²) in [7, 11) is 0. The molecule has 12 aromatic carbocycles. The van der Waals surface area contributed by atoms with Crippen molar-refractivity contribution < 1.29 is 0 Å². The Hall–Kier alpha value is -8.32. The Bertz CT molecular complexity index is 4260. The lowest BCUT2D eigenvalue weighted by atomic mass is 9.77. The van der Waals surface area contributed by atoms with Crippen molar-refractivity contribution in [1.82, 2.24) is 0 Å². The predicted octanol–water partition coefficient (Wildman–Crippen LogP) is 19.2. The smallest absolute Gasteiger partial charge is 0.0159 e. The molecule has 0 aromatic heterocycles. The Labute approximate surface area is 409 Å². The maximum absolute atomic E-state index is 2.58. The van der Waals surface area contributed by atoms with Crippen molar-refractivity contribution in [3.8, 4) is 89.0 Å². The molecule has 0 N–H and O–H groups in total. The average molecular weight is 889 g/mol. The summed E-state index contributed by atoms with van der Waals surface area (Å²) < 4.78 is 0. The van der Waals surface area contributed by atoms with E-state index >= 15 is 0 Å². The number of rotatable bonds is 4. The Kier molecular flexibility index (Phi) is 8.00. The zero-order valence-electron chi connectivity index (χ0n) is 39.8. The van der Waals surface area contributed by atoms with Gasteiger partial charge in [0.1, 0.15) is 0 Å². The van der Waals surface area contributed by atoms with Crippen LogP contribution in [0.25, 0.3) is 132 Å². The molecule has 3 aliphatic rings. The van der Waals surface area contributed by atoms with Gasteiger partial charge in [-0.3, -0.25) is 0 Å². The van der Waals surface area contributed by atoms with E-state index in [0.29, 0.717) is 0 Å². The third-order valence-corrected chi connectivity index (χ3v) is 16.8. The standard InChI is InChI=1S/C70H48/c1-69(2)60-28-15-13-24-49(60)51-32-30-44(37-62(51)69)64-57-39-55-47(41-18-7-5-8-19-41)34-35-48(42-20-9-6-10-21-42)56(55)40-58(57)65(45-31-33-52-50-25-14-16-29-61(50)70(3,4)63(52)38-45)68-59-36-43-22-11-12-23-46(43)53-26-17-27-54(66(53)59)67(64)68/h5-40H,1-4H3. The van der Waals surface area contributed by atoms with E-state index in [4.69, 9.17) is 0 Å². The normalized spacial score (nSPS) is 14.2. The fraction of sp³-hybridized carbons (Fsp3) is 0.0857. The molecule has 0 spiro atoms. The summed E-state index contributed by atoms with van der Waals surface area (Å²) in [6.07, 6.45) is 0. The molecular formula is C70H48. The van der Waals surface area contributed by atoms with Crippen LogP contribution in [0.1, 0.15) is 49.9 Å². The van der Waals surface area contributed by atoms with Gasteiger partial charge in [-0.05, 0) is 185 Å². The summed E-state index contributed by atoms with van der Waals surface area (Å²) in [6, 6.07) is 83.3. The summed E-state index contributed by atoms with van der Waals surface area (Å²) in [5.74, 6) is 0. The van der Waals surface area contributed by atoms with E-state index in [1.807, 2.05) is 0 Å². The molecule has 3 aliphatic carbocycles. The van der Waals surface area contributed by atoms with Crippen molar-refractivity contribution >= 4 is 43.1 Å². The number of hydrogen-bond acceptors (Lipinski definition) is 0. The largest absolute Gasteiger partial charge is 0.0622 e. The highest BCUT2D eigenvalue weighted by molar-refractivity contribution is 6.32. The van der Waals surface area contributed by atoms with Gasteiger partial charge < -0.3 is 0 Å². The summed E-state index contributed by atoms with van der Waals surface area (Å²) >= 11 is 0. The van der Waals surface area contributed by atoms with Crippen molar-refractivity contribution in [1.29, 1.82) is 0 Å². The van der Waals surface area contributed by atoms with Gasteiger partial charge in [-0.1, -0.05) is 216 Å². The highest BCUT2D eigenvalue weighted by atomic mass is 14.4. The molecule has 0 saturated carbocycles. The number of fused-ring (bicyclic) bond motifs is 13. The first-order valence-electron chi connectivity index (χ1n) is 24.9. The van der Waals surface area contributed by atoms with Gasteiger partial charge in [-0.25, -0.2) is 0 Å². The van der Waals surface area contributed by atoms with Crippen LogP contribution in [0.15, 0.2) is 218 Å². The highest BCUT2D eigenvalue weighted by Crippen LogP contribution is 2.61. The summed E-state index contributed by atoms with van der Waals surface area (Å²) in [5.41, 5.74) is 25.9. The fourth-order valence-electron chi connectivity index (χ4n) is 13.5. The lowest BCUT2D eigenvalue weighted by Crippen LogP contribution is -2.15. The fourth-order valence-corrected chi connectivity index (χ4v) is 13.5. The minimum absolute atomic E-state index is 0.159. The van der Waals surface area contributed by atoms with Crippen LogP contribution in [-0.4, -0.2) is 0 Å². The zero-order valence-corrected chi connectivity index (χ0v) is 39.8. The second-order valence-electron chi connectivity index (χ2n) is 21.1. The minimum Gasteiger partial charge on any atom is -0.0622 e. The molecular weight excluding hydrogens is 841 g/mol. The van der Waals surface area contributed by atoms with E-state index in [0.717, 1.165) is 0 Å². The molecule has 0 bridgehead atoms. The van der Waals surface area contributed by atoms with Crippen molar-refractivity contribution in [2.75, 3.05) is 0 Å². The molecule has 0 heteroatoms. The number of benzene rings is 12. The summed E-state index contributed by atoms with van der Waals surface area (Å²) in [6.45, 7) is 9.64. The molecule has 0 nitrogen and oxygen atoms in total. The Balaban J connectivity index is 1.16. The van der Waals surface area contributed by atoms with Crippen LogP contribution in [0.3, 0.4) is 0 Å². The van der Waals surface area contributed by atoms with Gasteiger partial charge in [0.25, 0.3) is 0 Å². The Morgan fingerprint density at radius 3 is 1.21 bits per heavy atom. The first kappa shape index (κ1) is 39.7. The first-order valence-corrected chi connectivity index (χ1v) is 24.9. The molecule has 328 valence electrons. The SMILES string of the molecule is CC1(C)c2ccccc2-c2ccc(-c3c4c(c(-c5ccc6c(c5)C(C)(C)c5ccccc5-6)c5cc6c(-c7ccccc7)ccc(-c7ccccc7)c6cc35)-c3cc5ccccc5c5cccc-4c35)cc21. The van der Waals surface area contributed by atoms with Crippen LogP contribution in [0.2, 0.25) is 0 Å². The maximum Gasteiger partial charge on any atom is 0.0159 e. The van der Waals surface area contributed by atoms with Gasteiger partial charge >= 0.3 is 0 Å².